The molecule has 1 rings (SSSR count). The lowest BCUT2D eigenvalue weighted by molar-refractivity contribution is 0.580. The summed E-state index contributed by atoms with van der Waals surface area (Å²) in [6.45, 7) is 2.22. The van der Waals surface area contributed by atoms with Crippen molar-refractivity contribution < 1.29 is 0 Å². The highest BCUT2D eigenvalue weighted by Crippen LogP contribution is 2.15. The summed E-state index contributed by atoms with van der Waals surface area (Å²) in [5, 5.41) is 0. The first-order chi connectivity index (χ1) is 3.93. The Labute approximate surface area is 51.3 Å². The second-order valence-corrected chi connectivity index (χ2v) is 2.35. The molecule has 0 aromatic rings. The quantitative estimate of drug-likeness (QED) is 0.476. The molecule has 0 amide bonds. The van der Waals surface area contributed by atoms with Gasteiger partial charge in [-0.3, -0.25) is 0 Å². The highest BCUT2D eigenvalue weighted by molar-refractivity contribution is 5.09. The molecular weight excluding hydrogens is 96.1 g/mol. The Balaban J connectivity index is 2.20. The van der Waals surface area contributed by atoms with Gasteiger partial charge in [0.15, 0.2) is 0 Å². The van der Waals surface area contributed by atoms with Crippen molar-refractivity contribution in [3.8, 4) is 11.8 Å². The Kier molecular flexibility index (Phi) is 1.97. The molecule has 0 N–H and O–H groups in total. The van der Waals surface area contributed by atoms with E-state index in [1.165, 1.54) is 19.3 Å². The van der Waals surface area contributed by atoms with Gasteiger partial charge < -0.3 is 0 Å². The van der Waals surface area contributed by atoms with Crippen molar-refractivity contribution in [1.82, 2.24) is 0 Å². The lowest BCUT2D eigenvalue weighted by Crippen LogP contribution is -1.89. The van der Waals surface area contributed by atoms with E-state index in [4.69, 9.17) is 0 Å². The van der Waals surface area contributed by atoms with Gasteiger partial charge in [0, 0.05) is 12.3 Å². The van der Waals surface area contributed by atoms with Crippen molar-refractivity contribution in [2.75, 3.05) is 0 Å². The van der Waals surface area contributed by atoms with Gasteiger partial charge in [0.2, 0.25) is 0 Å². The highest BCUT2D eigenvalue weighted by atomic mass is 14.1. The molecule has 1 aliphatic rings. The van der Waals surface area contributed by atoms with E-state index in [-0.39, 0.29) is 0 Å². The van der Waals surface area contributed by atoms with E-state index in [1.807, 2.05) is 0 Å². The Bertz CT molecular complexity index is 114. The number of hydrogen-bond donors (Lipinski definition) is 0. The van der Waals surface area contributed by atoms with Crippen molar-refractivity contribution in [1.29, 1.82) is 0 Å². The fourth-order valence-corrected chi connectivity index (χ4v) is 1.10. The minimum atomic E-state index is 0.750. The lowest BCUT2D eigenvalue weighted by atomic mass is 10.0. The fourth-order valence-electron chi connectivity index (χ4n) is 1.10. The molecule has 0 aromatic heterocycles. The van der Waals surface area contributed by atoms with E-state index < -0.39 is 0 Å². The minimum Gasteiger partial charge on any atom is -0.103 e. The van der Waals surface area contributed by atoms with E-state index in [0.29, 0.717) is 0 Å². The summed E-state index contributed by atoms with van der Waals surface area (Å²) in [6, 6.07) is 0. The normalized spacial score (nSPS) is 24.9. The average molecular weight is 108 g/mol. The zero-order chi connectivity index (χ0) is 5.82. The van der Waals surface area contributed by atoms with Gasteiger partial charge in [-0.2, -0.15) is 0 Å². The molecule has 1 unspecified atom stereocenters. The van der Waals surface area contributed by atoms with Crippen LogP contribution in [0.5, 0.6) is 0 Å². The molecule has 0 radical (unpaired) electrons. The van der Waals surface area contributed by atoms with E-state index >= 15 is 0 Å². The zero-order valence-electron chi connectivity index (χ0n) is 5.41. The van der Waals surface area contributed by atoms with Crippen LogP contribution in [0.25, 0.3) is 0 Å². The van der Waals surface area contributed by atoms with Crippen LogP contribution in [-0.2, 0) is 0 Å². The topological polar surface area (TPSA) is 0 Å². The zero-order valence-corrected chi connectivity index (χ0v) is 5.41. The van der Waals surface area contributed by atoms with Crippen LogP contribution < -0.4 is 0 Å². The van der Waals surface area contributed by atoms with Crippen molar-refractivity contribution in [3.63, 3.8) is 0 Å². The Morgan fingerprint density at radius 3 is 3.00 bits per heavy atom. The summed E-state index contributed by atoms with van der Waals surface area (Å²) in [7, 11) is 0. The number of hydrogen-bond acceptors (Lipinski definition) is 0. The minimum absolute atomic E-state index is 0.750. The summed E-state index contributed by atoms with van der Waals surface area (Å²) in [5.41, 5.74) is 0. The molecule has 0 saturated heterocycles. The van der Waals surface area contributed by atoms with Gasteiger partial charge in [-0.1, -0.05) is 19.3 Å². The third kappa shape index (κ3) is 1.26. The van der Waals surface area contributed by atoms with E-state index in [2.05, 4.69) is 18.8 Å². The molecule has 1 atom stereocenters. The Hall–Kier alpha value is -0.440. The predicted molar refractivity (Wildman–Crippen MR) is 35.4 cm³/mol. The summed E-state index contributed by atoms with van der Waals surface area (Å²) < 4.78 is 0. The molecular formula is C8H12. The van der Waals surface area contributed by atoms with Crippen LogP contribution in [0.2, 0.25) is 0 Å². The second-order valence-electron chi connectivity index (χ2n) is 2.35. The van der Waals surface area contributed by atoms with Crippen molar-refractivity contribution >= 4 is 0 Å². The molecule has 0 aliphatic heterocycles. The van der Waals surface area contributed by atoms with Crippen LogP contribution >= 0.6 is 0 Å². The maximum Gasteiger partial charge on any atom is 0.0211 e. The smallest absolute Gasteiger partial charge is 0.0211 e. The van der Waals surface area contributed by atoms with E-state index in [1.54, 1.807) is 0 Å². The van der Waals surface area contributed by atoms with Crippen molar-refractivity contribution in [3.05, 3.63) is 0 Å². The van der Waals surface area contributed by atoms with Crippen molar-refractivity contribution in [2.45, 2.75) is 32.6 Å². The first-order valence-corrected chi connectivity index (χ1v) is 3.42. The van der Waals surface area contributed by atoms with Crippen LogP contribution in [0.1, 0.15) is 32.6 Å². The van der Waals surface area contributed by atoms with Gasteiger partial charge in [0.1, 0.15) is 0 Å². The molecule has 0 fully saturated rings. The second kappa shape index (κ2) is 2.77. The largest absolute Gasteiger partial charge is 0.103 e. The maximum atomic E-state index is 3.21. The van der Waals surface area contributed by atoms with Crippen LogP contribution in [0.3, 0.4) is 0 Å². The fraction of sp³-hybridized carbons (Fsp3) is 0.750. The van der Waals surface area contributed by atoms with Crippen LogP contribution in [0.4, 0.5) is 0 Å². The highest BCUT2D eigenvalue weighted by Gasteiger charge is 2.05. The first kappa shape index (κ1) is 5.69. The molecule has 1 aliphatic carbocycles. The monoisotopic (exact) mass is 108 g/mol. The summed E-state index contributed by atoms with van der Waals surface area (Å²) in [6.07, 6.45) is 5.05. The standard InChI is InChI=1S/C8H12/c1-2-5-8-6-3-4-7-8/h8H,2-3,5-6H2,1H3. The number of rotatable bonds is 2. The molecule has 0 heteroatoms. The van der Waals surface area contributed by atoms with Crippen molar-refractivity contribution in [2.24, 2.45) is 5.92 Å². The maximum absolute atomic E-state index is 3.21. The molecule has 8 heavy (non-hydrogen) atoms. The van der Waals surface area contributed by atoms with Crippen LogP contribution in [-0.4, -0.2) is 0 Å². The molecule has 0 aromatic carbocycles. The molecule has 0 spiro atoms. The lowest BCUT2D eigenvalue weighted by Gasteiger charge is -1.99. The third-order valence-electron chi connectivity index (χ3n) is 1.56. The van der Waals surface area contributed by atoms with E-state index in [0.717, 1.165) is 12.3 Å². The van der Waals surface area contributed by atoms with Crippen LogP contribution in [0, 0.1) is 17.8 Å². The van der Waals surface area contributed by atoms with Gasteiger partial charge in [-0.25, -0.2) is 0 Å². The first-order valence-electron chi connectivity index (χ1n) is 3.42. The van der Waals surface area contributed by atoms with Gasteiger partial charge in [0.05, 0.1) is 0 Å². The van der Waals surface area contributed by atoms with Gasteiger partial charge in [-0.15, -0.1) is 5.92 Å². The molecule has 0 nitrogen and oxygen atoms in total. The summed E-state index contributed by atoms with van der Waals surface area (Å²) in [4.78, 5) is 0. The SMILES string of the molecule is CCCC1C#CCC1. The predicted octanol–water partition coefficient (Wildman–Crippen LogP) is 2.20. The van der Waals surface area contributed by atoms with Crippen LogP contribution in [0.15, 0.2) is 0 Å². The average Bonchev–Trinajstić information content (AvgIpc) is 2.19. The summed E-state index contributed by atoms with van der Waals surface area (Å²) in [5.74, 6) is 7.06. The molecule has 0 heterocycles. The van der Waals surface area contributed by atoms with E-state index in [9.17, 15) is 0 Å². The molecule has 0 bridgehead atoms. The molecule has 0 saturated carbocycles. The molecule has 44 valence electrons. The van der Waals surface area contributed by atoms with Gasteiger partial charge in [0.25, 0.3) is 0 Å². The third-order valence-corrected chi connectivity index (χ3v) is 1.56. The summed E-state index contributed by atoms with van der Waals surface area (Å²) >= 11 is 0. The van der Waals surface area contributed by atoms with Gasteiger partial charge in [-0.05, 0) is 12.8 Å². The van der Waals surface area contributed by atoms with Gasteiger partial charge >= 0.3 is 0 Å². The Morgan fingerprint density at radius 2 is 2.50 bits per heavy atom. The Morgan fingerprint density at radius 1 is 1.62 bits per heavy atom.